The van der Waals surface area contributed by atoms with Gasteiger partial charge in [0, 0.05) is 18.1 Å². The molecule has 3 fully saturated rings. The van der Waals surface area contributed by atoms with Crippen molar-refractivity contribution >= 4 is 5.91 Å². The van der Waals surface area contributed by atoms with Crippen LogP contribution in [0.25, 0.3) is 0 Å². The van der Waals surface area contributed by atoms with Gasteiger partial charge in [-0.3, -0.25) is 10.1 Å². The highest BCUT2D eigenvalue weighted by Crippen LogP contribution is 2.36. The molecule has 3 saturated heterocycles. The van der Waals surface area contributed by atoms with E-state index in [4.69, 9.17) is 0 Å². The van der Waals surface area contributed by atoms with Gasteiger partial charge < -0.3 is 9.80 Å². The maximum absolute atomic E-state index is 12.8. The van der Waals surface area contributed by atoms with Crippen LogP contribution in [0, 0.1) is 5.92 Å². The molecule has 120 valence electrons. The number of hydrogen-bond acceptors (Lipinski definition) is 3. The number of hydrogen-bond donors (Lipinski definition) is 1. The molecule has 3 aliphatic rings. The largest absolute Gasteiger partial charge is 0.323 e. The number of rotatable bonds is 3. The van der Waals surface area contributed by atoms with Crippen LogP contribution in [0.15, 0.2) is 0 Å². The van der Waals surface area contributed by atoms with Gasteiger partial charge in [-0.1, -0.05) is 20.3 Å². The Bertz CT molecular complexity index is 383. The summed E-state index contributed by atoms with van der Waals surface area (Å²) in [7, 11) is 2.28. The van der Waals surface area contributed by atoms with Crippen molar-refractivity contribution in [3.8, 4) is 0 Å². The van der Waals surface area contributed by atoms with Crippen molar-refractivity contribution in [3.05, 3.63) is 0 Å². The zero-order valence-corrected chi connectivity index (χ0v) is 14.0. The molecule has 0 aliphatic carbocycles. The quantitative estimate of drug-likeness (QED) is 0.866. The monoisotopic (exact) mass is 293 g/mol. The number of fused-ring (bicyclic) bond motifs is 2. The Balaban J connectivity index is 1.70. The summed E-state index contributed by atoms with van der Waals surface area (Å²) in [5, 5.41) is 3.52. The fraction of sp³-hybridized carbons (Fsp3) is 0.941. The first kappa shape index (κ1) is 15.3. The van der Waals surface area contributed by atoms with Crippen LogP contribution in [-0.4, -0.2) is 53.1 Å². The molecule has 4 atom stereocenters. The lowest BCUT2D eigenvalue weighted by molar-refractivity contribution is -0.134. The Morgan fingerprint density at radius 2 is 1.81 bits per heavy atom. The SMILES string of the molecule is CC(C)CC1NC(C)N(C2CC3CCCC(C2)N3C)C1=O. The fourth-order valence-electron chi connectivity index (χ4n) is 4.76. The number of piperidine rings is 2. The van der Waals surface area contributed by atoms with E-state index < -0.39 is 0 Å². The third-order valence-electron chi connectivity index (χ3n) is 5.83. The van der Waals surface area contributed by atoms with Crippen molar-refractivity contribution < 1.29 is 4.79 Å². The molecule has 0 aromatic carbocycles. The molecule has 3 rings (SSSR count). The van der Waals surface area contributed by atoms with Gasteiger partial charge in [-0.25, -0.2) is 0 Å². The number of carbonyl (C=O) groups is 1. The van der Waals surface area contributed by atoms with Gasteiger partial charge in [0.05, 0.1) is 12.2 Å². The van der Waals surface area contributed by atoms with Crippen LogP contribution >= 0.6 is 0 Å². The predicted octanol–water partition coefficient (Wildman–Crippen LogP) is 2.19. The molecular weight excluding hydrogens is 262 g/mol. The van der Waals surface area contributed by atoms with Crippen molar-refractivity contribution in [2.75, 3.05) is 7.05 Å². The van der Waals surface area contributed by atoms with E-state index in [1.165, 1.54) is 32.1 Å². The van der Waals surface area contributed by atoms with E-state index in [9.17, 15) is 4.79 Å². The van der Waals surface area contributed by atoms with Gasteiger partial charge in [-0.2, -0.15) is 0 Å². The van der Waals surface area contributed by atoms with E-state index in [1.54, 1.807) is 0 Å². The molecule has 1 N–H and O–H groups in total. The first-order chi connectivity index (χ1) is 9.97. The number of amides is 1. The van der Waals surface area contributed by atoms with E-state index in [1.807, 2.05) is 0 Å². The molecule has 0 radical (unpaired) electrons. The first-order valence-electron chi connectivity index (χ1n) is 8.77. The van der Waals surface area contributed by atoms with Crippen molar-refractivity contribution in [2.24, 2.45) is 5.92 Å². The fourth-order valence-corrected chi connectivity index (χ4v) is 4.76. The summed E-state index contributed by atoms with van der Waals surface area (Å²) in [6.07, 6.45) is 7.48. The minimum absolute atomic E-state index is 0.0412. The predicted molar refractivity (Wildman–Crippen MR) is 84.9 cm³/mol. The second kappa shape index (κ2) is 5.88. The van der Waals surface area contributed by atoms with E-state index >= 15 is 0 Å². The van der Waals surface area contributed by atoms with Crippen molar-refractivity contribution in [2.45, 2.75) is 89.6 Å². The Hall–Kier alpha value is -0.610. The van der Waals surface area contributed by atoms with Crippen LogP contribution in [0.4, 0.5) is 0 Å². The van der Waals surface area contributed by atoms with Crippen LogP contribution < -0.4 is 5.32 Å². The number of nitrogens with one attached hydrogen (secondary N) is 1. The number of carbonyl (C=O) groups excluding carboxylic acids is 1. The highest BCUT2D eigenvalue weighted by Gasteiger charge is 2.45. The van der Waals surface area contributed by atoms with E-state index in [0.29, 0.717) is 30.0 Å². The Kier molecular flexibility index (Phi) is 4.28. The molecule has 2 bridgehead atoms. The standard InChI is InChI=1S/C17H31N3O/c1-11(2)8-16-17(21)20(12(3)18-16)15-9-13-6-5-7-14(10-15)19(13)4/h11-16,18H,5-10H2,1-4H3. The highest BCUT2D eigenvalue weighted by molar-refractivity contribution is 5.84. The molecule has 3 aliphatic heterocycles. The molecule has 1 amide bonds. The Morgan fingerprint density at radius 3 is 2.38 bits per heavy atom. The molecule has 21 heavy (non-hydrogen) atoms. The molecule has 4 unspecified atom stereocenters. The topological polar surface area (TPSA) is 35.6 Å². The van der Waals surface area contributed by atoms with Crippen LogP contribution in [0.3, 0.4) is 0 Å². The summed E-state index contributed by atoms with van der Waals surface area (Å²) in [5.74, 6) is 0.916. The van der Waals surface area contributed by atoms with E-state index in [0.717, 1.165) is 6.42 Å². The first-order valence-corrected chi connectivity index (χ1v) is 8.77. The minimum atomic E-state index is 0.0412. The molecule has 4 heteroatoms. The second-order valence-corrected chi connectivity index (χ2v) is 7.80. The minimum Gasteiger partial charge on any atom is -0.323 e. The maximum Gasteiger partial charge on any atom is 0.241 e. The van der Waals surface area contributed by atoms with Gasteiger partial charge in [-0.05, 0) is 52.0 Å². The third kappa shape index (κ3) is 2.85. The summed E-state index contributed by atoms with van der Waals surface area (Å²) in [6.45, 7) is 6.55. The average molecular weight is 293 g/mol. The summed E-state index contributed by atoms with van der Waals surface area (Å²) >= 11 is 0. The normalized spacial score (nSPS) is 41.1. The molecule has 4 nitrogen and oxygen atoms in total. The lowest BCUT2D eigenvalue weighted by atomic mass is 9.81. The zero-order chi connectivity index (χ0) is 15.1. The Labute approximate surface area is 129 Å². The maximum atomic E-state index is 12.8. The molecule has 0 saturated carbocycles. The molecule has 3 heterocycles. The van der Waals surface area contributed by atoms with Gasteiger partial charge in [0.2, 0.25) is 5.91 Å². The van der Waals surface area contributed by atoms with Gasteiger partial charge in [-0.15, -0.1) is 0 Å². The third-order valence-corrected chi connectivity index (χ3v) is 5.83. The lowest BCUT2D eigenvalue weighted by Gasteiger charge is -2.49. The van der Waals surface area contributed by atoms with E-state index in [-0.39, 0.29) is 12.2 Å². The van der Waals surface area contributed by atoms with Gasteiger partial charge in [0.15, 0.2) is 0 Å². The van der Waals surface area contributed by atoms with Crippen molar-refractivity contribution in [3.63, 3.8) is 0 Å². The van der Waals surface area contributed by atoms with Gasteiger partial charge in [0.1, 0.15) is 0 Å². The smallest absolute Gasteiger partial charge is 0.241 e. The Morgan fingerprint density at radius 1 is 1.19 bits per heavy atom. The van der Waals surface area contributed by atoms with Crippen LogP contribution in [-0.2, 0) is 4.79 Å². The zero-order valence-electron chi connectivity index (χ0n) is 14.0. The second-order valence-electron chi connectivity index (χ2n) is 7.80. The molecule has 0 aromatic heterocycles. The summed E-state index contributed by atoms with van der Waals surface area (Å²) < 4.78 is 0. The number of nitrogens with zero attached hydrogens (tertiary/aromatic N) is 2. The molecular formula is C17H31N3O. The van der Waals surface area contributed by atoms with Crippen LogP contribution in [0.5, 0.6) is 0 Å². The van der Waals surface area contributed by atoms with E-state index in [2.05, 4.69) is 42.9 Å². The van der Waals surface area contributed by atoms with Crippen molar-refractivity contribution in [1.82, 2.24) is 15.1 Å². The van der Waals surface area contributed by atoms with Crippen molar-refractivity contribution in [1.29, 1.82) is 0 Å². The lowest BCUT2D eigenvalue weighted by Crippen LogP contribution is -2.57. The van der Waals surface area contributed by atoms with Gasteiger partial charge in [0.25, 0.3) is 0 Å². The molecule has 0 spiro atoms. The van der Waals surface area contributed by atoms with Crippen LogP contribution in [0.1, 0.15) is 59.3 Å². The summed E-state index contributed by atoms with van der Waals surface area (Å²) in [6, 6.07) is 1.86. The summed E-state index contributed by atoms with van der Waals surface area (Å²) in [4.78, 5) is 17.6. The highest BCUT2D eigenvalue weighted by atomic mass is 16.2. The summed E-state index contributed by atoms with van der Waals surface area (Å²) in [5.41, 5.74) is 0. The van der Waals surface area contributed by atoms with Crippen LogP contribution in [0.2, 0.25) is 0 Å². The van der Waals surface area contributed by atoms with Gasteiger partial charge >= 0.3 is 0 Å². The average Bonchev–Trinajstić information content (AvgIpc) is 2.64. The molecule has 0 aromatic rings.